The van der Waals surface area contributed by atoms with Gasteiger partial charge in [0.25, 0.3) is 5.67 Å². The van der Waals surface area contributed by atoms with Crippen molar-refractivity contribution in [2.45, 2.75) is 23.7 Å². The number of hydrogen-bond donors (Lipinski definition) is 1. The zero-order valence-corrected chi connectivity index (χ0v) is 14.4. The molecule has 0 atom stereocenters. The lowest BCUT2D eigenvalue weighted by Crippen LogP contribution is -2.15. The third-order valence-corrected chi connectivity index (χ3v) is 4.70. The molecule has 3 rings (SSSR count). The number of anilines is 1. The normalized spacial score (nSPS) is 19.3. The molecule has 0 amide bonds. The highest BCUT2D eigenvalue weighted by atomic mass is 35.5. The molecule has 1 fully saturated rings. The molecule has 0 saturated heterocycles. The van der Waals surface area contributed by atoms with Crippen LogP contribution in [0.4, 0.5) is 40.9 Å². The number of nitrogens with two attached hydrogens (primary N) is 1. The van der Waals surface area contributed by atoms with Crippen LogP contribution in [0.1, 0.15) is 16.8 Å². The van der Waals surface area contributed by atoms with Gasteiger partial charge in [0.2, 0.25) is 0 Å². The van der Waals surface area contributed by atoms with Crippen LogP contribution in [0.5, 0.6) is 0 Å². The summed E-state index contributed by atoms with van der Waals surface area (Å²) in [5.74, 6) is -11.6. The van der Waals surface area contributed by atoms with Crippen LogP contribution in [0.3, 0.4) is 0 Å². The molecule has 0 radical (unpaired) electrons. The highest BCUT2D eigenvalue weighted by Crippen LogP contribution is 2.74. The van der Waals surface area contributed by atoms with Gasteiger partial charge in [0.1, 0.15) is 17.6 Å². The van der Waals surface area contributed by atoms with Gasteiger partial charge < -0.3 is 5.73 Å². The zero-order valence-electron chi connectivity index (χ0n) is 12.9. The summed E-state index contributed by atoms with van der Waals surface area (Å²) >= 11 is 11.4. The summed E-state index contributed by atoms with van der Waals surface area (Å²) in [4.78, 5) is 0. The number of nitrogen functional groups attached to an aromatic ring is 1. The topological polar surface area (TPSA) is 67.6 Å². The number of halogens is 10. The van der Waals surface area contributed by atoms with Gasteiger partial charge in [-0.1, -0.05) is 23.2 Å². The minimum absolute atomic E-state index is 0.254. The van der Waals surface area contributed by atoms with E-state index in [1.165, 1.54) is 0 Å². The van der Waals surface area contributed by atoms with Crippen LogP contribution in [-0.4, -0.2) is 21.6 Å². The molecular weight excluding hydrogens is 447 g/mol. The fourth-order valence-electron chi connectivity index (χ4n) is 2.65. The molecule has 0 aliphatic heterocycles. The van der Waals surface area contributed by atoms with Gasteiger partial charge in [-0.25, -0.2) is 9.07 Å². The van der Waals surface area contributed by atoms with Gasteiger partial charge in [-0.15, -0.1) is 0 Å². The number of hydrogen-bond acceptors (Lipinski definition) is 3. The van der Waals surface area contributed by atoms with Crippen molar-refractivity contribution < 1.29 is 35.1 Å². The van der Waals surface area contributed by atoms with Crippen LogP contribution < -0.4 is 5.73 Å². The van der Waals surface area contributed by atoms with Crippen molar-refractivity contribution in [1.29, 1.82) is 5.26 Å². The Hall–Kier alpha value is -2.26. The number of rotatable bonds is 2. The first-order valence-corrected chi connectivity index (χ1v) is 7.68. The van der Waals surface area contributed by atoms with Crippen LogP contribution in [0.15, 0.2) is 12.1 Å². The van der Waals surface area contributed by atoms with Gasteiger partial charge in [0, 0.05) is 0 Å². The molecule has 2 N–H and O–H groups in total. The molecule has 1 aromatic heterocycles. The van der Waals surface area contributed by atoms with E-state index in [9.17, 15) is 35.1 Å². The van der Waals surface area contributed by atoms with Gasteiger partial charge in [0.15, 0.2) is 5.69 Å². The summed E-state index contributed by atoms with van der Waals surface area (Å²) in [5, 5.41) is 10.8. The molecule has 0 bridgehead atoms. The molecule has 2 aromatic rings. The monoisotopic (exact) mass is 450 g/mol. The number of alkyl halides is 8. The molecular formula is C14H4Cl2F8N4. The highest BCUT2D eigenvalue weighted by Gasteiger charge is 3.00. The summed E-state index contributed by atoms with van der Waals surface area (Å²) in [6, 6.07) is 1.89. The fourth-order valence-corrected chi connectivity index (χ4v) is 3.30. The van der Waals surface area contributed by atoms with Gasteiger partial charge in [-0.05, 0) is 12.1 Å². The first-order chi connectivity index (χ1) is 12.6. The summed E-state index contributed by atoms with van der Waals surface area (Å²) < 4.78 is 107. The number of aromatic nitrogens is 2. The Morgan fingerprint density at radius 3 is 1.86 bits per heavy atom. The fraction of sp³-hybridized carbons (Fsp3) is 0.286. The maximum absolute atomic E-state index is 14.4. The quantitative estimate of drug-likeness (QED) is 0.647. The SMILES string of the molecule is N#Cc1nn(-c2c(Cl)cc(C(F)(F)F)cc2Cl)c(N)c1C1(F)C(F)(F)C1(F)F. The Balaban J connectivity index is 2.26. The van der Waals surface area contributed by atoms with Crippen molar-refractivity contribution in [3.8, 4) is 11.8 Å². The lowest BCUT2D eigenvalue weighted by atomic mass is 10.1. The summed E-state index contributed by atoms with van der Waals surface area (Å²) in [6.07, 6.45) is -4.86. The first-order valence-electron chi connectivity index (χ1n) is 6.93. The van der Waals surface area contributed by atoms with Gasteiger partial charge in [-0.2, -0.15) is 41.1 Å². The Morgan fingerprint density at radius 2 is 1.50 bits per heavy atom. The average molecular weight is 451 g/mol. The minimum atomic E-state index is -5.18. The third-order valence-electron chi connectivity index (χ3n) is 4.12. The molecule has 1 aliphatic carbocycles. The van der Waals surface area contributed by atoms with Crippen molar-refractivity contribution in [1.82, 2.24) is 9.78 Å². The Labute approximate surface area is 160 Å². The number of nitrogens with zero attached hydrogens (tertiary/aromatic N) is 3. The van der Waals surface area contributed by atoms with E-state index < -0.39 is 62.1 Å². The van der Waals surface area contributed by atoms with E-state index in [0.717, 1.165) is 6.07 Å². The second kappa shape index (κ2) is 5.64. The van der Waals surface area contributed by atoms with Crippen LogP contribution in [0, 0.1) is 11.3 Å². The molecule has 4 nitrogen and oxygen atoms in total. The third kappa shape index (κ3) is 2.32. The molecule has 0 spiro atoms. The van der Waals surface area contributed by atoms with E-state index >= 15 is 0 Å². The van der Waals surface area contributed by atoms with Gasteiger partial charge in [0.05, 0.1) is 21.2 Å². The molecule has 1 aromatic carbocycles. The summed E-state index contributed by atoms with van der Waals surface area (Å²) in [6.45, 7) is 0. The lowest BCUT2D eigenvalue weighted by Gasteiger charge is -2.13. The second-order valence-electron chi connectivity index (χ2n) is 5.73. The Morgan fingerprint density at radius 1 is 1.04 bits per heavy atom. The molecule has 1 heterocycles. The van der Waals surface area contributed by atoms with Crippen molar-refractivity contribution in [2.24, 2.45) is 0 Å². The van der Waals surface area contributed by atoms with E-state index in [1.54, 1.807) is 0 Å². The predicted octanol–water partition coefficient (Wildman–Crippen LogP) is 5.10. The van der Waals surface area contributed by atoms with Crippen molar-refractivity contribution in [3.63, 3.8) is 0 Å². The first kappa shape index (κ1) is 20.5. The van der Waals surface area contributed by atoms with E-state index in [4.69, 9.17) is 34.2 Å². The van der Waals surface area contributed by atoms with E-state index in [1.807, 2.05) is 0 Å². The van der Waals surface area contributed by atoms with Crippen LogP contribution in [-0.2, 0) is 11.8 Å². The van der Waals surface area contributed by atoms with Gasteiger partial charge in [-0.3, -0.25) is 0 Å². The molecule has 28 heavy (non-hydrogen) atoms. The molecule has 1 aliphatic rings. The summed E-state index contributed by atoms with van der Waals surface area (Å²) in [7, 11) is 0. The van der Waals surface area contributed by atoms with Crippen LogP contribution >= 0.6 is 23.2 Å². The molecule has 14 heteroatoms. The van der Waals surface area contributed by atoms with Gasteiger partial charge >= 0.3 is 18.0 Å². The van der Waals surface area contributed by atoms with Crippen molar-refractivity contribution in [2.75, 3.05) is 5.73 Å². The Bertz CT molecular complexity index is 1000. The Kier molecular flexibility index (Phi) is 4.12. The zero-order chi connectivity index (χ0) is 21.4. The van der Waals surface area contributed by atoms with Crippen molar-refractivity contribution >= 4 is 29.0 Å². The maximum Gasteiger partial charge on any atom is 0.416 e. The van der Waals surface area contributed by atoms with Crippen LogP contribution in [0.25, 0.3) is 5.69 Å². The predicted molar refractivity (Wildman–Crippen MR) is 80.4 cm³/mol. The molecule has 1 saturated carbocycles. The van der Waals surface area contributed by atoms with E-state index in [0.29, 0.717) is 12.1 Å². The van der Waals surface area contributed by atoms with E-state index in [2.05, 4.69) is 5.10 Å². The number of nitriles is 1. The smallest absolute Gasteiger partial charge is 0.383 e. The standard InChI is InChI=1S/C14H4Cl2F8N4/c15-5-1-4(12(18,19)20)2-6(16)9(5)28-10(26)8(7(3-25)27-28)11(17)13(21,22)14(11,23)24/h1-2H,26H2. The maximum atomic E-state index is 14.4. The number of benzene rings is 1. The lowest BCUT2D eigenvalue weighted by molar-refractivity contribution is -0.137. The van der Waals surface area contributed by atoms with E-state index in [-0.39, 0.29) is 4.68 Å². The highest BCUT2D eigenvalue weighted by molar-refractivity contribution is 6.38. The molecule has 0 unspecified atom stereocenters. The largest absolute Gasteiger partial charge is 0.416 e. The van der Waals surface area contributed by atoms with Crippen LogP contribution in [0.2, 0.25) is 10.0 Å². The van der Waals surface area contributed by atoms with Crippen molar-refractivity contribution in [3.05, 3.63) is 39.0 Å². The second-order valence-corrected chi connectivity index (χ2v) is 6.54. The minimum Gasteiger partial charge on any atom is -0.383 e. The summed E-state index contributed by atoms with van der Waals surface area (Å²) in [5.41, 5.74) is -3.97. The molecule has 150 valence electrons. The average Bonchev–Trinajstić information content (AvgIpc) is 2.81.